The fraction of sp³-hybridized carbons (Fsp3) is 0.417. The highest BCUT2D eigenvalue weighted by atomic mass is 19.1. The molecule has 0 aliphatic carbocycles. The number of carbonyl (C=O) groups excluding carboxylic acids is 1. The predicted octanol–water partition coefficient (Wildman–Crippen LogP) is 0.890. The zero-order valence-electron chi connectivity index (χ0n) is 9.50. The lowest BCUT2D eigenvalue weighted by Crippen LogP contribution is -2.42. The second-order valence-corrected chi connectivity index (χ2v) is 4.23. The lowest BCUT2D eigenvalue weighted by atomic mass is 10.1. The average molecular weight is 237 g/mol. The quantitative estimate of drug-likeness (QED) is 0.669. The molecule has 1 heterocycles. The van der Waals surface area contributed by atoms with Crippen molar-refractivity contribution in [2.75, 3.05) is 18.8 Å². The van der Waals surface area contributed by atoms with Crippen LogP contribution in [0.5, 0.6) is 0 Å². The summed E-state index contributed by atoms with van der Waals surface area (Å²) in [7, 11) is 0. The summed E-state index contributed by atoms with van der Waals surface area (Å²) >= 11 is 0. The maximum Gasteiger partial charge on any atom is 0.251 e. The van der Waals surface area contributed by atoms with E-state index in [1.54, 1.807) is 0 Å². The highest BCUT2D eigenvalue weighted by Gasteiger charge is 2.16. The Kier molecular flexibility index (Phi) is 3.58. The molecule has 1 aliphatic heterocycles. The SMILES string of the molecule is Nc1cc(C(=O)NC2CCNCC2)ccc1F. The number of anilines is 1. The number of hydrogen-bond donors (Lipinski definition) is 3. The van der Waals surface area contributed by atoms with E-state index in [2.05, 4.69) is 10.6 Å². The predicted molar refractivity (Wildman–Crippen MR) is 64.2 cm³/mol. The van der Waals surface area contributed by atoms with Crippen molar-refractivity contribution < 1.29 is 9.18 Å². The molecule has 1 amide bonds. The molecule has 0 unspecified atom stereocenters. The Morgan fingerprint density at radius 3 is 2.76 bits per heavy atom. The van der Waals surface area contributed by atoms with Gasteiger partial charge < -0.3 is 16.4 Å². The van der Waals surface area contributed by atoms with Gasteiger partial charge in [0, 0.05) is 11.6 Å². The largest absolute Gasteiger partial charge is 0.396 e. The van der Waals surface area contributed by atoms with E-state index in [1.807, 2.05) is 0 Å². The molecule has 1 aliphatic rings. The van der Waals surface area contributed by atoms with Crippen LogP contribution in [0.3, 0.4) is 0 Å². The van der Waals surface area contributed by atoms with Gasteiger partial charge in [0.05, 0.1) is 5.69 Å². The summed E-state index contributed by atoms with van der Waals surface area (Å²) in [6, 6.07) is 4.22. The number of nitrogens with one attached hydrogen (secondary N) is 2. The molecule has 17 heavy (non-hydrogen) atoms. The molecule has 1 aromatic rings. The van der Waals surface area contributed by atoms with Crippen LogP contribution in [0.1, 0.15) is 23.2 Å². The van der Waals surface area contributed by atoms with Gasteiger partial charge in [-0.1, -0.05) is 0 Å². The molecule has 1 saturated heterocycles. The molecule has 0 spiro atoms. The van der Waals surface area contributed by atoms with Crippen LogP contribution in [0, 0.1) is 5.82 Å². The van der Waals surface area contributed by atoms with Crippen LogP contribution >= 0.6 is 0 Å². The normalized spacial score (nSPS) is 16.8. The molecule has 0 atom stereocenters. The van der Waals surface area contributed by atoms with Crippen molar-refractivity contribution >= 4 is 11.6 Å². The standard InChI is InChI=1S/C12H16FN3O/c13-10-2-1-8(7-11(10)14)12(17)16-9-3-5-15-6-4-9/h1-2,7,9,15H,3-6,14H2,(H,16,17). The van der Waals surface area contributed by atoms with Gasteiger partial charge in [-0.15, -0.1) is 0 Å². The number of carbonyl (C=O) groups is 1. The van der Waals surface area contributed by atoms with Gasteiger partial charge in [-0.2, -0.15) is 0 Å². The van der Waals surface area contributed by atoms with Gasteiger partial charge in [0.15, 0.2) is 0 Å². The highest BCUT2D eigenvalue weighted by Crippen LogP contribution is 2.13. The minimum absolute atomic E-state index is 0.00274. The molecule has 4 nitrogen and oxygen atoms in total. The van der Waals surface area contributed by atoms with Crippen molar-refractivity contribution in [2.45, 2.75) is 18.9 Å². The first kappa shape index (κ1) is 11.9. The van der Waals surface area contributed by atoms with Gasteiger partial charge in [-0.25, -0.2) is 4.39 Å². The number of hydrogen-bond acceptors (Lipinski definition) is 3. The van der Waals surface area contributed by atoms with Gasteiger partial charge in [-0.05, 0) is 44.1 Å². The monoisotopic (exact) mass is 237 g/mol. The van der Waals surface area contributed by atoms with E-state index in [0.29, 0.717) is 5.56 Å². The molecule has 4 N–H and O–H groups in total. The number of benzene rings is 1. The summed E-state index contributed by atoms with van der Waals surface area (Å²) in [6.07, 6.45) is 1.84. The number of nitrogens with two attached hydrogens (primary N) is 1. The lowest BCUT2D eigenvalue weighted by molar-refractivity contribution is 0.0929. The number of nitrogen functional groups attached to an aromatic ring is 1. The first-order valence-electron chi connectivity index (χ1n) is 5.73. The second kappa shape index (κ2) is 5.14. The zero-order valence-corrected chi connectivity index (χ0v) is 9.50. The first-order chi connectivity index (χ1) is 8.16. The Hall–Kier alpha value is -1.62. The van der Waals surface area contributed by atoms with Crippen LogP contribution < -0.4 is 16.4 Å². The number of piperidine rings is 1. The molecule has 0 saturated carbocycles. The third-order valence-electron chi connectivity index (χ3n) is 2.93. The van der Waals surface area contributed by atoms with Crippen molar-refractivity contribution in [1.29, 1.82) is 0 Å². The molecule has 92 valence electrons. The van der Waals surface area contributed by atoms with Crippen LogP contribution in [0.4, 0.5) is 10.1 Å². The molecule has 1 aromatic carbocycles. The molecule has 0 radical (unpaired) electrons. The average Bonchev–Trinajstić information content (AvgIpc) is 2.34. The van der Waals surface area contributed by atoms with E-state index >= 15 is 0 Å². The van der Waals surface area contributed by atoms with Crippen molar-refractivity contribution in [3.05, 3.63) is 29.6 Å². The fourth-order valence-electron chi connectivity index (χ4n) is 1.92. The molecule has 0 aromatic heterocycles. The van der Waals surface area contributed by atoms with E-state index in [0.717, 1.165) is 25.9 Å². The van der Waals surface area contributed by atoms with Crippen molar-refractivity contribution in [2.24, 2.45) is 0 Å². The zero-order chi connectivity index (χ0) is 12.3. The summed E-state index contributed by atoms with van der Waals surface area (Å²) < 4.78 is 13.0. The maximum atomic E-state index is 13.0. The molecule has 2 rings (SSSR count). The van der Waals surface area contributed by atoms with Crippen LogP contribution in [0.15, 0.2) is 18.2 Å². The molecule has 5 heteroatoms. The third kappa shape index (κ3) is 2.94. The summed E-state index contributed by atoms with van der Waals surface area (Å²) in [5, 5.41) is 6.15. The lowest BCUT2D eigenvalue weighted by Gasteiger charge is -2.23. The van der Waals surface area contributed by atoms with E-state index in [9.17, 15) is 9.18 Å². The Labute approximate surface area is 99.4 Å². The summed E-state index contributed by atoms with van der Waals surface area (Å²) in [5.74, 6) is -0.688. The summed E-state index contributed by atoms with van der Waals surface area (Å²) in [6.45, 7) is 1.83. The van der Waals surface area contributed by atoms with Gasteiger partial charge in [0.25, 0.3) is 5.91 Å². The van der Waals surface area contributed by atoms with Crippen LogP contribution in [0.25, 0.3) is 0 Å². The molecule has 1 fully saturated rings. The molecule has 0 bridgehead atoms. The smallest absolute Gasteiger partial charge is 0.251 e. The van der Waals surface area contributed by atoms with Crippen molar-refractivity contribution in [3.63, 3.8) is 0 Å². The van der Waals surface area contributed by atoms with Gasteiger partial charge in [0.2, 0.25) is 0 Å². The third-order valence-corrected chi connectivity index (χ3v) is 2.93. The Morgan fingerprint density at radius 2 is 2.12 bits per heavy atom. The van der Waals surface area contributed by atoms with Crippen LogP contribution in [-0.4, -0.2) is 25.0 Å². The minimum Gasteiger partial charge on any atom is -0.396 e. The fourth-order valence-corrected chi connectivity index (χ4v) is 1.92. The highest BCUT2D eigenvalue weighted by molar-refractivity contribution is 5.95. The summed E-state index contributed by atoms with van der Waals surface area (Å²) in [4.78, 5) is 11.9. The van der Waals surface area contributed by atoms with E-state index in [4.69, 9.17) is 5.73 Å². The Bertz CT molecular complexity index is 416. The maximum absolute atomic E-state index is 13.0. The number of rotatable bonds is 2. The van der Waals surface area contributed by atoms with Gasteiger partial charge in [-0.3, -0.25) is 4.79 Å². The molecular weight excluding hydrogens is 221 g/mol. The second-order valence-electron chi connectivity index (χ2n) is 4.23. The van der Waals surface area contributed by atoms with Crippen LogP contribution in [-0.2, 0) is 0 Å². The van der Waals surface area contributed by atoms with Gasteiger partial charge in [0.1, 0.15) is 5.82 Å². The Balaban J connectivity index is 2.01. The van der Waals surface area contributed by atoms with Crippen molar-refractivity contribution in [1.82, 2.24) is 10.6 Å². The van der Waals surface area contributed by atoms with E-state index in [-0.39, 0.29) is 17.6 Å². The van der Waals surface area contributed by atoms with E-state index in [1.165, 1.54) is 18.2 Å². The van der Waals surface area contributed by atoms with Crippen LogP contribution in [0.2, 0.25) is 0 Å². The van der Waals surface area contributed by atoms with Crippen molar-refractivity contribution in [3.8, 4) is 0 Å². The van der Waals surface area contributed by atoms with Gasteiger partial charge >= 0.3 is 0 Å². The minimum atomic E-state index is -0.497. The first-order valence-corrected chi connectivity index (χ1v) is 5.73. The summed E-state index contributed by atoms with van der Waals surface area (Å²) in [5.41, 5.74) is 5.83. The van der Waals surface area contributed by atoms with E-state index < -0.39 is 5.82 Å². The Morgan fingerprint density at radius 1 is 1.41 bits per heavy atom. The topological polar surface area (TPSA) is 67.2 Å². The molecular formula is C12H16FN3O. The number of halogens is 1. The number of amides is 1.